The monoisotopic (exact) mass is 458 g/mol. The number of nitrogens with one attached hydrogen (secondary N) is 1. The molecule has 142 valence electrons. The number of halogens is 2. The Kier molecular flexibility index (Phi) is 7.63. The molecule has 1 heterocycles. The number of hydrogen-bond acceptors (Lipinski definition) is 5. The molecule has 26 heavy (non-hydrogen) atoms. The maximum absolute atomic E-state index is 11.7. The van der Waals surface area contributed by atoms with E-state index < -0.39 is 7.14 Å². The Morgan fingerprint density at radius 2 is 2.12 bits per heavy atom. The standard InChI is InChI=1S/C18H25BrClN4OP/c1-12(13(2)23-17-15(19)11-21-18(20)24-17)22-16(14-8-9-14)7-5-6-10-26(3,4)25/h5-7,10-14H,8-9H2,1-4H3,(H,21,23,24)/b7-5-,10-6-,22-16+/t12-,13?/m0/s1. The summed E-state index contributed by atoms with van der Waals surface area (Å²) < 4.78 is 12.5. The van der Waals surface area contributed by atoms with E-state index in [4.69, 9.17) is 16.6 Å². The van der Waals surface area contributed by atoms with Crippen LogP contribution in [-0.4, -0.2) is 41.1 Å². The van der Waals surface area contributed by atoms with Crippen molar-refractivity contribution in [3.63, 3.8) is 0 Å². The number of anilines is 1. The maximum Gasteiger partial charge on any atom is 0.224 e. The lowest BCUT2D eigenvalue weighted by Crippen LogP contribution is -2.28. The molecule has 1 aliphatic carbocycles. The third-order valence-electron chi connectivity index (χ3n) is 3.97. The zero-order valence-corrected chi connectivity index (χ0v) is 18.7. The van der Waals surface area contributed by atoms with E-state index in [1.807, 2.05) is 18.2 Å². The summed E-state index contributed by atoms with van der Waals surface area (Å²) >= 11 is 9.30. The van der Waals surface area contributed by atoms with E-state index in [2.05, 4.69) is 45.1 Å². The summed E-state index contributed by atoms with van der Waals surface area (Å²) in [4.78, 5) is 13.0. The van der Waals surface area contributed by atoms with Gasteiger partial charge in [-0.2, -0.15) is 4.98 Å². The number of nitrogens with zero attached hydrogens (tertiary/aromatic N) is 3. The van der Waals surface area contributed by atoms with Crippen molar-refractivity contribution in [1.82, 2.24) is 9.97 Å². The normalized spacial score (nSPS) is 18.5. The van der Waals surface area contributed by atoms with Crippen LogP contribution in [0.3, 0.4) is 0 Å². The molecule has 5 nitrogen and oxygen atoms in total. The van der Waals surface area contributed by atoms with Gasteiger partial charge in [-0.15, -0.1) is 0 Å². The molecule has 8 heteroatoms. The van der Waals surface area contributed by atoms with Gasteiger partial charge in [-0.25, -0.2) is 4.98 Å². The average molecular weight is 460 g/mol. The number of aromatic nitrogens is 2. The smallest absolute Gasteiger partial charge is 0.224 e. The summed E-state index contributed by atoms with van der Waals surface area (Å²) in [5, 5.41) is 3.54. The highest BCUT2D eigenvalue weighted by atomic mass is 79.9. The first kappa shape index (κ1) is 21.3. The number of hydrogen-bond donors (Lipinski definition) is 1. The molecule has 1 aromatic rings. The van der Waals surface area contributed by atoms with Gasteiger partial charge in [0.1, 0.15) is 13.0 Å². The van der Waals surface area contributed by atoms with Crippen molar-refractivity contribution in [2.24, 2.45) is 10.9 Å². The second-order valence-electron chi connectivity index (χ2n) is 6.97. The van der Waals surface area contributed by atoms with E-state index in [0.717, 1.165) is 10.2 Å². The molecule has 0 aliphatic heterocycles. The third kappa shape index (κ3) is 7.34. The Labute approximate surface area is 169 Å². The molecular weight excluding hydrogens is 435 g/mol. The van der Waals surface area contributed by atoms with Gasteiger partial charge in [-0.3, -0.25) is 4.99 Å². The molecule has 0 radical (unpaired) electrons. The molecule has 0 saturated heterocycles. The molecule has 2 atom stereocenters. The van der Waals surface area contributed by atoms with E-state index in [0.29, 0.717) is 11.7 Å². The van der Waals surface area contributed by atoms with Crippen molar-refractivity contribution in [2.75, 3.05) is 18.6 Å². The quantitative estimate of drug-likeness (QED) is 0.237. The molecule has 0 spiro atoms. The summed E-state index contributed by atoms with van der Waals surface area (Å²) in [7, 11) is -2.13. The molecule has 1 aliphatic rings. The lowest BCUT2D eigenvalue weighted by molar-refractivity contribution is 0.588. The Balaban J connectivity index is 2.06. The molecule has 1 aromatic heterocycles. The van der Waals surface area contributed by atoms with Gasteiger partial charge in [0.05, 0.1) is 10.5 Å². The van der Waals surface area contributed by atoms with E-state index in [1.54, 1.807) is 25.3 Å². The topological polar surface area (TPSA) is 67.2 Å². The first-order valence-electron chi connectivity index (χ1n) is 8.58. The summed E-state index contributed by atoms with van der Waals surface area (Å²) in [5.41, 5.74) is 1.10. The van der Waals surface area contributed by atoms with Crippen LogP contribution in [0.4, 0.5) is 5.82 Å². The van der Waals surface area contributed by atoms with Gasteiger partial charge in [-0.1, -0.05) is 12.2 Å². The molecule has 1 N–H and O–H groups in total. The first-order chi connectivity index (χ1) is 12.2. The fourth-order valence-corrected chi connectivity index (χ4v) is 3.16. The molecule has 1 saturated carbocycles. The summed E-state index contributed by atoms with van der Waals surface area (Å²) in [6, 6.07) is 0.129. The molecule has 0 amide bonds. The molecule has 1 unspecified atom stereocenters. The fourth-order valence-electron chi connectivity index (χ4n) is 2.20. The fraction of sp³-hybridized carbons (Fsp3) is 0.500. The van der Waals surface area contributed by atoms with Crippen LogP contribution in [0.1, 0.15) is 26.7 Å². The van der Waals surface area contributed by atoms with Crippen molar-refractivity contribution in [2.45, 2.75) is 38.8 Å². The van der Waals surface area contributed by atoms with Gasteiger partial charge in [0.15, 0.2) is 0 Å². The molecule has 0 aromatic carbocycles. The summed E-state index contributed by atoms with van der Waals surface area (Å²) in [6.45, 7) is 7.64. The van der Waals surface area contributed by atoms with Crippen molar-refractivity contribution in [3.05, 3.63) is 40.0 Å². The van der Waals surface area contributed by atoms with Crippen molar-refractivity contribution >= 4 is 46.2 Å². The average Bonchev–Trinajstić information content (AvgIpc) is 3.37. The highest BCUT2D eigenvalue weighted by molar-refractivity contribution is 9.10. The predicted octanol–water partition coefficient (Wildman–Crippen LogP) is 5.63. The van der Waals surface area contributed by atoms with Crippen molar-refractivity contribution < 1.29 is 4.57 Å². The van der Waals surface area contributed by atoms with E-state index in [9.17, 15) is 4.57 Å². The Hall–Kier alpha value is -0.970. The minimum absolute atomic E-state index is 0.0586. The van der Waals surface area contributed by atoms with Crippen LogP contribution in [0.25, 0.3) is 0 Å². The van der Waals surface area contributed by atoms with E-state index in [-0.39, 0.29) is 17.4 Å². The molecule has 1 fully saturated rings. The molecular formula is C18H25BrClN4OP. The summed E-state index contributed by atoms with van der Waals surface area (Å²) in [5.74, 6) is 2.95. The number of rotatable bonds is 8. The Morgan fingerprint density at radius 1 is 1.42 bits per heavy atom. The second kappa shape index (κ2) is 9.29. The van der Waals surface area contributed by atoms with Gasteiger partial charge in [0.25, 0.3) is 0 Å². The van der Waals surface area contributed by atoms with Gasteiger partial charge >= 0.3 is 0 Å². The van der Waals surface area contributed by atoms with Crippen molar-refractivity contribution in [1.29, 1.82) is 0 Å². The number of aliphatic imine (C=N–C) groups is 1. The van der Waals surface area contributed by atoms with Crippen molar-refractivity contribution in [3.8, 4) is 0 Å². The zero-order chi connectivity index (χ0) is 19.3. The first-order valence-corrected chi connectivity index (χ1v) is 12.4. The lowest BCUT2D eigenvalue weighted by atomic mass is 10.1. The summed E-state index contributed by atoms with van der Waals surface area (Å²) in [6.07, 6.45) is 9.80. The van der Waals surface area contributed by atoms with Gasteiger partial charge in [-0.05, 0) is 79.4 Å². The number of allylic oxidation sites excluding steroid dienone is 3. The van der Waals surface area contributed by atoms with Crippen LogP contribution in [-0.2, 0) is 4.57 Å². The zero-order valence-electron chi connectivity index (χ0n) is 15.5. The van der Waals surface area contributed by atoms with E-state index in [1.165, 1.54) is 12.8 Å². The minimum atomic E-state index is -2.13. The minimum Gasteiger partial charge on any atom is -0.364 e. The van der Waals surface area contributed by atoms with Crippen LogP contribution in [0.5, 0.6) is 0 Å². The Morgan fingerprint density at radius 3 is 2.73 bits per heavy atom. The van der Waals surface area contributed by atoms with Crippen LogP contribution < -0.4 is 5.32 Å². The SMILES string of the molecule is CC(Nc1nc(Cl)ncc1Br)[C@H](C)\N=C(/C=C\C=C/P(C)(C)=O)C1CC1. The van der Waals surface area contributed by atoms with E-state index >= 15 is 0 Å². The van der Waals surface area contributed by atoms with Gasteiger partial charge in [0.2, 0.25) is 5.28 Å². The van der Waals surface area contributed by atoms with Crippen LogP contribution in [0.15, 0.2) is 39.7 Å². The maximum atomic E-state index is 11.7. The van der Waals surface area contributed by atoms with Crippen LogP contribution >= 0.6 is 34.7 Å². The van der Waals surface area contributed by atoms with Crippen LogP contribution in [0, 0.1) is 5.92 Å². The highest BCUT2D eigenvalue weighted by Gasteiger charge is 2.27. The largest absolute Gasteiger partial charge is 0.364 e. The van der Waals surface area contributed by atoms with Gasteiger partial charge in [0, 0.05) is 23.9 Å². The second-order valence-corrected chi connectivity index (χ2v) is 11.3. The third-order valence-corrected chi connectivity index (χ3v) is 5.63. The van der Waals surface area contributed by atoms with Crippen LogP contribution in [0.2, 0.25) is 5.28 Å². The Bertz CT molecular complexity index is 770. The predicted molar refractivity (Wildman–Crippen MR) is 115 cm³/mol. The highest BCUT2D eigenvalue weighted by Crippen LogP contribution is 2.37. The molecule has 0 bridgehead atoms. The lowest BCUT2D eigenvalue weighted by Gasteiger charge is -2.20. The molecule has 2 rings (SSSR count). The van der Waals surface area contributed by atoms with Gasteiger partial charge < -0.3 is 9.88 Å².